The lowest BCUT2D eigenvalue weighted by Gasteiger charge is -2.04. The molecular formula is C15H16N2O2. The summed E-state index contributed by atoms with van der Waals surface area (Å²) in [5.74, 6) is -0.949. The normalized spacial score (nSPS) is 11.1. The van der Waals surface area contributed by atoms with E-state index in [1.807, 2.05) is 48.9 Å². The molecule has 1 aromatic heterocycles. The summed E-state index contributed by atoms with van der Waals surface area (Å²) in [5.41, 5.74) is 3.85. The number of benzene rings is 1. The predicted octanol–water partition coefficient (Wildman–Crippen LogP) is 2.65. The molecule has 0 spiro atoms. The first-order valence-corrected chi connectivity index (χ1v) is 6.07. The summed E-state index contributed by atoms with van der Waals surface area (Å²) in [5, 5.41) is 13.1. The van der Waals surface area contributed by atoms with Crippen molar-refractivity contribution in [2.75, 3.05) is 0 Å². The number of hydrogen-bond acceptors (Lipinski definition) is 2. The molecule has 19 heavy (non-hydrogen) atoms. The van der Waals surface area contributed by atoms with E-state index in [1.54, 1.807) is 6.08 Å². The van der Waals surface area contributed by atoms with Crippen molar-refractivity contribution < 1.29 is 9.90 Å². The fourth-order valence-electron chi connectivity index (χ4n) is 2.02. The topological polar surface area (TPSA) is 55.1 Å². The highest BCUT2D eigenvalue weighted by Gasteiger charge is 2.09. The number of aromatic nitrogens is 2. The number of carboxylic acid groups (broad SMARTS) is 1. The summed E-state index contributed by atoms with van der Waals surface area (Å²) in [6, 6.07) is 10.1. The van der Waals surface area contributed by atoms with E-state index in [2.05, 4.69) is 5.10 Å². The van der Waals surface area contributed by atoms with E-state index in [0.717, 1.165) is 23.0 Å². The number of carbonyl (C=O) groups is 1. The Balaban J connectivity index is 2.29. The molecular weight excluding hydrogens is 240 g/mol. The van der Waals surface area contributed by atoms with Crippen LogP contribution in [0.15, 0.2) is 36.4 Å². The van der Waals surface area contributed by atoms with Gasteiger partial charge in [0.05, 0.1) is 12.2 Å². The van der Waals surface area contributed by atoms with Gasteiger partial charge in [-0.25, -0.2) is 4.79 Å². The first-order valence-electron chi connectivity index (χ1n) is 6.07. The van der Waals surface area contributed by atoms with Crippen molar-refractivity contribution in [2.45, 2.75) is 20.4 Å². The van der Waals surface area contributed by atoms with Gasteiger partial charge >= 0.3 is 5.97 Å². The molecule has 0 aliphatic heterocycles. The smallest absolute Gasteiger partial charge is 0.328 e. The number of nitrogens with zero attached hydrogens (tertiary/aromatic N) is 2. The third kappa shape index (κ3) is 3.10. The van der Waals surface area contributed by atoms with Crippen molar-refractivity contribution in [3.8, 4) is 0 Å². The lowest BCUT2D eigenvalue weighted by molar-refractivity contribution is -0.131. The Morgan fingerprint density at radius 2 is 2.00 bits per heavy atom. The maximum absolute atomic E-state index is 10.6. The van der Waals surface area contributed by atoms with Crippen molar-refractivity contribution in [2.24, 2.45) is 0 Å². The lowest BCUT2D eigenvalue weighted by atomic mass is 10.2. The molecule has 0 saturated carbocycles. The lowest BCUT2D eigenvalue weighted by Crippen LogP contribution is -2.03. The van der Waals surface area contributed by atoms with Gasteiger partial charge in [0, 0.05) is 17.3 Å². The number of carboxylic acids is 1. The number of aliphatic carboxylic acids is 1. The van der Waals surface area contributed by atoms with Crippen LogP contribution >= 0.6 is 0 Å². The van der Waals surface area contributed by atoms with E-state index in [4.69, 9.17) is 5.11 Å². The summed E-state index contributed by atoms with van der Waals surface area (Å²) in [4.78, 5) is 10.6. The molecule has 0 unspecified atom stereocenters. The van der Waals surface area contributed by atoms with Crippen LogP contribution in [-0.4, -0.2) is 20.9 Å². The molecule has 0 atom stereocenters. The van der Waals surface area contributed by atoms with Gasteiger partial charge in [0.15, 0.2) is 0 Å². The van der Waals surface area contributed by atoms with E-state index in [-0.39, 0.29) is 0 Å². The Morgan fingerprint density at radius 1 is 1.32 bits per heavy atom. The molecule has 0 aliphatic rings. The largest absolute Gasteiger partial charge is 0.478 e. The zero-order valence-electron chi connectivity index (χ0n) is 11.0. The third-order valence-corrected chi connectivity index (χ3v) is 3.01. The Hall–Kier alpha value is -2.36. The van der Waals surface area contributed by atoms with Gasteiger partial charge in [0.1, 0.15) is 0 Å². The number of rotatable bonds is 4. The van der Waals surface area contributed by atoms with Gasteiger partial charge in [-0.05, 0) is 25.5 Å². The molecule has 98 valence electrons. The highest BCUT2D eigenvalue weighted by molar-refractivity contribution is 5.85. The quantitative estimate of drug-likeness (QED) is 0.855. The summed E-state index contributed by atoms with van der Waals surface area (Å²) >= 11 is 0. The first-order chi connectivity index (χ1) is 9.08. The van der Waals surface area contributed by atoms with Crippen molar-refractivity contribution in [3.05, 3.63) is 58.9 Å². The molecule has 1 heterocycles. The number of aryl methyl sites for hydroxylation is 1. The van der Waals surface area contributed by atoms with Crippen molar-refractivity contribution in [3.63, 3.8) is 0 Å². The monoisotopic (exact) mass is 256 g/mol. The highest BCUT2D eigenvalue weighted by atomic mass is 16.4. The Labute approximate surface area is 112 Å². The van der Waals surface area contributed by atoms with E-state index in [1.165, 1.54) is 5.56 Å². The van der Waals surface area contributed by atoms with E-state index in [0.29, 0.717) is 6.54 Å². The molecule has 1 aromatic carbocycles. The van der Waals surface area contributed by atoms with E-state index < -0.39 is 5.97 Å². The molecule has 0 bridgehead atoms. The van der Waals surface area contributed by atoms with Gasteiger partial charge < -0.3 is 5.11 Å². The van der Waals surface area contributed by atoms with Crippen LogP contribution in [0.5, 0.6) is 0 Å². The maximum atomic E-state index is 10.6. The zero-order chi connectivity index (χ0) is 13.8. The van der Waals surface area contributed by atoms with Gasteiger partial charge in [0.25, 0.3) is 0 Å². The Bertz CT molecular complexity index is 613. The van der Waals surface area contributed by atoms with Crippen molar-refractivity contribution in [1.82, 2.24) is 9.78 Å². The van der Waals surface area contributed by atoms with Gasteiger partial charge in [-0.2, -0.15) is 5.10 Å². The van der Waals surface area contributed by atoms with Gasteiger partial charge in [-0.15, -0.1) is 0 Å². The molecule has 1 N–H and O–H groups in total. The summed E-state index contributed by atoms with van der Waals surface area (Å²) in [7, 11) is 0. The summed E-state index contributed by atoms with van der Waals surface area (Å²) < 4.78 is 1.90. The van der Waals surface area contributed by atoms with Crippen molar-refractivity contribution in [1.29, 1.82) is 0 Å². The van der Waals surface area contributed by atoms with Crippen LogP contribution in [0.1, 0.15) is 22.5 Å². The molecule has 2 aromatic rings. The highest BCUT2D eigenvalue weighted by Crippen LogP contribution is 2.16. The van der Waals surface area contributed by atoms with Crippen LogP contribution in [-0.2, 0) is 11.3 Å². The SMILES string of the molecule is Cc1nn(Cc2ccccc2)c(C)c1/C=C/C(=O)O. The van der Waals surface area contributed by atoms with E-state index in [9.17, 15) is 4.79 Å². The molecule has 0 aliphatic carbocycles. The maximum Gasteiger partial charge on any atom is 0.328 e. The molecule has 4 nitrogen and oxygen atoms in total. The second-order valence-corrected chi connectivity index (χ2v) is 4.40. The van der Waals surface area contributed by atoms with Crippen LogP contribution < -0.4 is 0 Å². The zero-order valence-corrected chi connectivity index (χ0v) is 11.0. The first kappa shape index (κ1) is 13.1. The van der Waals surface area contributed by atoms with Crippen LogP contribution in [0.25, 0.3) is 6.08 Å². The van der Waals surface area contributed by atoms with E-state index >= 15 is 0 Å². The number of hydrogen-bond donors (Lipinski definition) is 1. The third-order valence-electron chi connectivity index (χ3n) is 3.01. The van der Waals surface area contributed by atoms with Crippen LogP contribution in [0.3, 0.4) is 0 Å². The molecule has 0 saturated heterocycles. The molecule has 0 amide bonds. The summed E-state index contributed by atoms with van der Waals surface area (Å²) in [6.07, 6.45) is 2.74. The standard InChI is InChI=1S/C15H16N2O2/c1-11-14(8-9-15(18)19)12(2)17(16-11)10-13-6-4-3-5-7-13/h3-9H,10H2,1-2H3,(H,18,19)/b9-8+. The van der Waals surface area contributed by atoms with Gasteiger partial charge in [0.2, 0.25) is 0 Å². The predicted molar refractivity (Wildman–Crippen MR) is 73.9 cm³/mol. The average molecular weight is 256 g/mol. The average Bonchev–Trinajstić information content (AvgIpc) is 2.63. The van der Waals surface area contributed by atoms with Gasteiger partial charge in [-0.1, -0.05) is 30.3 Å². The fourth-order valence-corrected chi connectivity index (χ4v) is 2.02. The minimum atomic E-state index is -0.949. The minimum absolute atomic E-state index is 0.689. The second kappa shape index (κ2) is 5.52. The minimum Gasteiger partial charge on any atom is -0.478 e. The molecule has 4 heteroatoms. The van der Waals surface area contributed by atoms with Crippen LogP contribution in [0.4, 0.5) is 0 Å². The van der Waals surface area contributed by atoms with Crippen LogP contribution in [0, 0.1) is 13.8 Å². The second-order valence-electron chi connectivity index (χ2n) is 4.40. The Kier molecular flexibility index (Phi) is 3.80. The molecule has 2 rings (SSSR count). The van der Waals surface area contributed by atoms with Gasteiger partial charge in [-0.3, -0.25) is 4.68 Å². The summed E-state index contributed by atoms with van der Waals surface area (Å²) in [6.45, 7) is 4.52. The molecule has 0 radical (unpaired) electrons. The fraction of sp³-hybridized carbons (Fsp3) is 0.200. The molecule has 0 fully saturated rings. The van der Waals surface area contributed by atoms with Crippen LogP contribution in [0.2, 0.25) is 0 Å². The van der Waals surface area contributed by atoms with Crippen molar-refractivity contribution >= 4 is 12.0 Å². The Morgan fingerprint density at radius 3 is 2.63 bits per heavy atom.